The van der Waals surface area contributed by atoms with Crippen LogP contribution < -0.4 is 24.8 Å². The van der Waals surface area contributed by atoms with Crippen LogP contribution in [0.3, 0.4) is 0 Å². The van der Waals surface area contributed by atoms with Crippen molar-refractivity contribution in [1.82, 2.24) is 5.32 Å². The Kier molecular flexibility index (Phi) is 7.35. The lowest BCUT2D eigenvalue weighted by atomic mass is 10.2. The Hall–Kier alpha value is -3.82. The predicted octanol–water partition coefficient (Wildman–Crippen LogP) is 2.38. The van der Waals surface area contributed by atoms with Crippen molar-refractivity contribution in [3.05, 3.63) is 52.1 Å². The zero-order chi connectivity index (χ0) is 21.4. The van der Waals surface area contributed by atoms with Crippen LogP contribution in [-0.4, -0.2) is 44.6 Å². The van der Waals surface area contributed by atoms with Gasteiger partial charge in [-0.05, 0) is 18.2 Å². The second-order valence-electron chi connectivity index (χ2n) is 5.80. The van der Waals surface area contributed by atoms with E-state index in [9.17, 15) is 19.7 Å². The molecule has 0 spiro atoms. The first-order chi connectivity index (χ1) is 13.9. The van der Waals surface area contributed by atoms with Gasteiger partial charge in [0.25, 0.3) is 11.6 Å². The van der Waals surface area contributed by atoms with Crippen LogP contribution in [0.1, 0.15) is 16.8 Å². The van der Waals surface area contributed by atoms with Gasteiger partial charge in [0.15, 0.2) is 0 Å². The SMILES string of the molecule is COc1cc(OC)cc(C(=O)NCCC(=O)Nc2ccc([N+](=O)[O-])cc2OC)c1. The summed E-state index contributed by atoms with van der Waals surface area (Å²) in [5.41, 5.74) is 0.478. The van der Waals surface area contributed by atoms with Gasteiger partial charge in [0.2, 0.25) is 5.91 Å². The lowest BCUT2D eigenvalue weighted by Gasteiger charge is -2.11. The number of rotatable bonds is 9. The van der Waals surface area contributed by atoms with E-state index in [-0.39, 0.29) is 36.2 Å². The van der Waals surface area contributed by atoms with Crippen molar-refractivity contribution in [2.75, 3.05) is 33.2 Å². The molecule has 29 heavy (non-hydrogen) atoms. The van der Waals surface area contributed by atoms with Gasteiger partial charge in [0.05, 0.1) is 38.0 Å². The smallest absolute Gasteiger partial charge is 0.273 e. The molecule has 0 fully saturated rings. The third kappa shape index (κ3) is 5.83. The number of nitrogens with one attached hydrogen (secondary N) is 2. The maximum atomic E-state index is 12.3. The standard InChI is InChI=1S/C19H21N3O7/c1-27-14-8-12(9-15(11-14)28-2)19(24)20-7-6-18(23)21-16-5-4-13(22(25)26)10-17(16)29-3/h4-5,8-11H,6-7H2,1-3H3,(H,20,24)(H,21,23). The fourth-order valence-corrected chi connectivity index (χ4v) is 2.44. The second kappa shape index (κ2) is 9.93. The molecule has 0 saturated carbocycles. The number of nitro groups is 1. The van der Waals surface area contributed by atoms with Crippen molar-refractivity contribution < 1.29 is 28.7 Å². The normalized spacial score (nSPS) is 10.0. The van der Waals surface area contributed by atoms with Crippen molar-refractivity contribution >= 4 is 23.2 Å². The predicted molar refractivity (Wildman–Crippen MR) is 105 cm³/mol. The van der Waals surface area contributed by atoms with E-state index in [2.05, 4.69) is 10.6 Å². The van der Waals surface area contributed by atoms with Gasteiger partial charge < -0.3 is 24.8 Å². The van der Waals surface area contributed by atoms with Gasteiger partial charge in [0.1, 0.15) is 17.2 Å². The lowest BCUT2D eigenvalue weighted by molar-refractivity contribution is -0.384. The first-order valence-electron chi connectivity index (χ1n) is 8.51. The summed E-state index contributed by atoms with van der Waals surface area (Å²) in [7, 11) is 4.30. The topological polar surface area (TPSA) is 129 Å². The third-order valence-corrected chi connectivity index (χ3v) is 3.92. The number of carbonyl (C=O) groups excluding carboxylic acids is 2. The molecule has 0 aromatic heterocycles. The van der Waals surface area contributed by atoms with Crippen molar-refractivity contribution in [3.8, 4) is 17.2 Å². The quantitative estimate of drug-likeness (QED) is 0.486. The molecule has 0 saturated heterocycles. The van der Waals surface area contributed by atoms with Gasteiger partial charge in [-0.15, -0.1) is 0 Å². The summed E-state index contributed by atoms with van der Waals surface area (Å²) >= 11 is 0. The second-order valence-corrected chi connectivity index (χ2v) is 5.80. The highest BCUT2D eigenvalue weighted by molar-refractivity contribution is 5.96. The summed E-state index contributed by atoms with van der Waals surface area (Å²) in [6, 6.07) is 8.61. The van der Waals surface area contributed by atoms with Crippen LogP contribution in [0.2, 0.25) is 0 Å². The number of hydrogen-bond donors (Lipinski definition) is 2. The molecule has 0 unspecified atom stereocenters. The number of nitrogens with zero attached hydrogens (tertiary/aromatic N) is 1. The van der Waals surface area contributed by atoms with Gasteiger partial charge in [-0.25, -0.2) is 0 Å². The Balaban J connectivity index is 1.93. The van der Waals surface area contributed by atoms with Gasteiger partial charge in [-0.3, -0.25) is 19.7 Å². The Labute approximate surface area is 166 Å². The third-order valence-electron chi connectivity index (χ3n) is 3.92. The number of non-ortho nitro benzene ring substituents is 1. The fourth-order valence-electron chi connectivity index (χ4n) is 2.44. The minimum absolute atomic E-state index is 0.00696. The van der Waals surface area contributed by atoms with E-state index in [4.69, 9.17) is 14.2 Å². The van der Waals surface area contributed by atoms with E-state index in [1.807, 2.05) is 0 Å². The van der Waals surface area contributed by atoms with Crippen LogP contribution in [0.4, 0.5) is 11.4 Å². The highest BCUT2D eigenvalue weighted by atomic mass is 16.6. The molecule has 0 bridgehead atoms. The molecule has 2 aromatic carbocycles. The first kappa shape index (κ1) is 21.5. The van der Waals surface area contributed by atoms with Crippen LogP contribution >= 0.6 is 0 Å². The van der Waals surface area contributed by atoms with Gasteiger partial charge >= 0.3 is 0 Å². The number of hydrogen-bond acceptors (Lipinski definition) is 7. The molecule has 0 radical (unpaired) electrons. The summed E-state index contributed by atoms with van der Waals surface area (Å²) in [4.78, 5) is 34.7. The van der Waals surface area contributed by atoms with E-state index in [0.717, 1.165) is 0 Å². The van der Waals surface area contributed by atoms with E-state index in [1.165, 1.54) is 39.5 Å². The molecule has 10 nitrogen and oxygen atoms in total. The number of nitro benzene ring substituents is 1. The zero-order valence-corrected chi connectivity index (χ0v) is 16.2. The van der Waals surface area contributed by atoms with E-state index < -0.39 is 4.92 Å². The van der Waals surface area contributed by atoms with Crippen molar-refractivity contribution in [2.24, 2.45) is 0 Å². The van der Waals surface area contributed by atoms with Crippen molar-refractivity contribution in [2.45, 2.75) is 6.42 Å². The summed E-state index contributed by atoms with van der Waals surface area (Å²) in [5.74, 6) is 0.332. The van der Waals surface area contributed by atoms with Gasteiger partial charge in [-0.2, -0.15) is 0 Å². The Morgan fingerprint density at radius 1 is 1.00 bits per heavy atom. The van der Waals surface area contributed by atoms with Crippen LogP contribution in [-0.2, 0) is 4.79 Å². The molecule has 0 aliphatic heterocycles. The highest BCUT2D eigenvalue weighted by Crippen LogP contribution is 2.29. The van der Waals surface area contributed by atoms with Crippen molar-refractivity contribution in [1.29, 1.82) is 0 Å². The minimum atomic E-state index is -0.558. The maximum absolute atomic E-state index is 12.3. The van der Waals surface area contributed by atoms with Crippen LogP contribution in [0.5, 0.6) is 17.2 Å². The Bertz CT molecular complexity index is 892. The van der Waals surface area contributed by atoms with E-state index in [0.29, 0.717) is 22.7 Å². The number of carbonyl (C=O) groups is 2. The fraction of sp³-hybridized carbons (Fsp3) is 0.263. The van der Waals surface area contributed by atoms with Gasteiger partial charge in [-0.1, -0.05) is 0 Å². The van der Waals surface area contributed by atoms with E-state index in [1.54, 1.807) is 18.2 Å². The number of anilines is 1. The summed E-state index contributed by atoms with van der Waals surface area (Å²) in [6.07, 6.45) is -0.00696. The average Bonchev–Trinajstić information content (AvgIpc) is 2.73. The highest BCUT2D eigenvalue weighted by Gasteiger charge is 2.14. The molecule has 2 aromatic rings. The Morgan fingerprint density at radius 3 is 2.21 bits per heavy atom. The Morgan fingerprint density at radius 2 is 1.66 bits per heavy atom. The number of benzene rings is 2. The lowest BCUT2D eigenvalue weighted by Crippen LogP contribution is -2.27. The number of methoxy groups -OCH3 is 3. The molecule has 0 heterocycles. The van der Waals surface area contributed by atoms with Gasteiger partial charge in [0, 0.05) is 30.7 Å². The number of ether oxygens (including phenoxy) is 3. The van der Waals surface area contributed by atoms with Crippen LogP contribution in [0.15, 0.2) is 36.4 Å². The molecule has 0 aliphatic rings. The molecule has 0 aliphatic carbocycles. The number of amides is 2. The molecule has 2 amide bonds. The molecule has 10 heteroatoms. The molecule has 154 valence electrons. The summed E-state index contributed by atoms with van der Waals surface area (Å²) in [5, 5.41) is 16.1. The molecule has 2 N–H and O–H groups in total. The molecule has 0 atom stereocenters. The average molecular weight is 403 g/mol. The van der Waals surface area contributed by atoms with Crippen molar-refractivity contribution in [3.63, 3.8) is 0 Å². The van der Waals surface area contributed by atoms with E-state index >= 15 is 0 Å². The first-order valence-corrected chi connectivity index (χ1v) is 8.51. The molecular formula is C19H21N3O7. The van der Waals surface area contributed by atoms with Crippen LogP contribution in [0, 0.1) is 10.1 Å². The summed E-state index contributed by atoms with van der Waals surface area (Å²) in [6.45, 7) is 0.0828. The minimum Gasteiger partial charge on any atom is -0.497 e. The molecular weight excluding hydrogens is 382 g/mol. The summed E-state index contributed by atoms with van der Waals surface area (Å²) < 4.78 is 15.3. The molecule has 2 rings (SSSR count). The largest absolute Gasteiger partial charge is 0.497 e. The van der Waals surface area contributed by atoms with Crippen LogP contribution in [0.25, 0.3) is 0 Å². The monoisotopic (exact) mass is 403 g/mol. The zero-order valence-electron chi connectivity index (χ0n) is 16.2. The maximum Gasteiger partial charge on any atom is 0.273 e.